The van der Waals surface area contributed by atoms with E-state index in [0.29, 0.717) is 0 Å². The average molecular weight is 383 g/mol. The Morgan fingerprint density at radius 3 is 1.25 bits per heavy atom. The van der Waals surface area contributed by atoms with Crippen molar-refractivity contribution in [2.45, 2.75) is 0 Å². The van der Waals surface area contributed by atoms with Gasteiger partial charge in [-0.15, -0.1) is 0 Å². The molecule has 0 saturated carbocycles. The summed E-state index contributed by atoms with van der Waals surface area (Å²) < 4.78 is 0. The van der Waals surface area contributed by atoms with Gasteiger partial charge in [0.25, 0.3) is 0 Å². The van der Waals surface area contributed by atoms with Gasteiger partial charge < -0.3 is 11.6 Å². The number of carboxylic acid groups (broad SMARTS) is 2. The molecule has 0 heterocycles. The molecule has 45 valence electrons. The van der Waals surface area contributed by atoms with E-state index in [-0.39, 0.29) is 109 Å². The second kappa shape index (κ2) is 9.28. The van der Waals surface area contributed by atoms with Gasteiger partial charge in [0, 0.05) is 38.6 Å². The van der Waals surface area contributed by atoms with Crippen LogP contribution in [0.2, 0.25) is 0 Å². The van der Waals surface area contributed by atoms with Gasteiger partial charge in [-0.1, -0.05) is 0 Å². The minimum Gasteiger partial charge on any atom is -1.00 e. The quantitative estimate of drug-likeness (QED) is 0.423. The third kappa shape index (κ3) is 11.1. The average Bonchev–Trinajstić information content (AvgIpc) is 1.36. The molecule has 0 fully saturated rings. The Kier molecular flexibility index (Phi) is 19.4. The third-order valence-electron chi connectivity index (χ3n) is 0.183. The summed E-state index contributed by atoms with van der Waals surface area (Å²) in [4.78, 5) is 18.2. The Hall–Kier alpha value is 2.28. The van der Waals surface area contributed by atoms with E-state index in [2.05, 4.69) is 0 Å². The summed E-state index contributed by atoms with van der Waals surface area (Å²) in [6.07, 6.45) is 0. The Labute approximate surface area is 137 Å². The van der Waals surface area contributed by atoms with Crippen molar-refractivity contribution in [3.8, 4) is 0 Å². The standard InChI is InChI=1S/C2H2O4.Cs.Tb.H/c3-1(4)2(5)6;;;/h(H,3,4)(H,5,6);;;/q;+1;;-1. The molecule has 0 aromatic rings. The minimum atomic E-state index is -1.82. The number of carbonyl (C=O) groups is 2. The SMILES string of the molecule is O=C(O)C(=O)O.[Cs+].[H-].[Tb]. The maximum Gasteiger partial charge on any atom is 1.00 e. The molecular weight excluding hydrogens is 380 g/mol. The topological polar surface area (TPSA) is 74.6 Å². The van der Waals surface area contributed by atoms with Gasteiger partial charge in [-0.05, 0) is 0 Å². The maximum atomic E-state index is 9.10. The predicted molar refractivity (Wildman–Crippen MR) is 16.4 cm³/mol. The van der Waals surface area contributed by atoms with Crippen molar-refractivity contribution < 1.29 is 129 Å². The van der Waals surface area contributed by atoms with E-state index in [0.717, 1.165) is 0 Å². The van der Waals surface area contributed by atoms with Crippen LogP contribution in [0.4, 0.5) is 0 Å². The number of hydrogen-bond donors (Lipinski definition) is 2. The van der Waals surface area contributed by atoms with E-state index in [9.17, 15) is 0 Å². The number of carboxylic acids is 2. The summed E-state index contributed by atoms with van der Waals surface area (Å²) in [5.41, 5.74) is 0. The third-order valence-corrected chi connectivity index (χ3v) is 0.183. The van der Waals surface area contributed by atoms with Gasteiger partial charge in [-0.3, -0.25) is 0 Å². The van der Waals surface area contributed by atoms with Crippen molar-refractivity contribution in [2.75, 3.05) is 0 Å². The molecule has 0 aliphatic rings. The van der Waals surface area contributed by atoms with Crippen LogP contribution in [-0.4, -0.2) is 22.2 Å². The monoisotopic (exact) mass is 383 g/mol. The van der Waals surface area contributed by atoms with Crippen LogP contribution in [-0.2, 0) is 9.59 Å². The molecule has 6 heteroatoms. The first-order valence-electron chi connectivity index (χ1n) is 1.11. The fraction of sp³-hybridized carbons (Fsp3) is 0. The molecule has 0 saturated heterocycles. The van der Waals surface area contributed by atoms with Crippen LogP contribution in [0, 0.1) is 38.6 Å². The van der Waals surface area contributed by atoms with Crippen molar-refractivity contribution in [3.63, 3.8) is 0 Å². The molecule has 0 aromatic carbocycles. The molecule has 4 nitrogen and oxygen atoms in total. The Morgan fingerprint density at radius 1 is 1.12 bits per heavy atom. The summed E-state index contributed by atoms with van der Waals surface area (Å²) >= 11 is 0. The van der Waals surface area contributed by atoms with Crippen molar-refractivity contribution in [1.82, 2.24) is 0 Å². The van der Waals surface area contributed by atoms with Gasteiger partial charge in [0.05, 0.1) is 0 Å². The Morgan fingerprint density at radius 2 is 1.25 bits per heavy atom. The van der Waals surface area contributed by atoms with E-state index in [1.807, 2.05) is 0 Å². The van der Waals surface area contributed by atoms with E-state index in [1.54, 1.807) is 0 Å². The zero-order chi connectivity index (χ0) is 5.15. The molecule has 0 aliphatic carbocycles. The van der Waals surface area contributed by atoms with E-state index < -0.39 is 11.9 Å². The van der Waals surface area contributed by atoms with Crippen molar-refractivity contribution in [2.24, 2.45) is 0 Å². The summed E-state index contributed by atoms with van der Waals surface area (Å²) in [6.45, 7) is 0. The molecule has 0 bridgehead atoms. The number of rotatable bonds is 0. The van der Waals surface area contributed by atoms with Crippen molar-refractivity contribution >= 4 is 11.9 Å². The maximum absolute atomic E-state index is 9.10. The van der Waals surface area contributed by atoms with E-state index in [1.165, 1.54) is 0 Å². The molecule has 0 aliphatic heterocycles. The van der Waals surface area contributed by atoms with Crippen LogP contribution < -0.4 is 68.9 Å². The number of hydrogen-bond acceptors (Lipinski definition) is 2. The van der Waals surface area contributed by atoms with Gasteiger partial charge in [0.2, 0.25) is 0 Å². The molecular formula is C2H3CsO4Tb. The van der Waals surface area contributed by atoms with Crippen molar-refractivity contribution in [3.05, 3.63) is 0 Å². The molecule has 0 rings (SSSR count). The summed E-state index contributed by atoms with van der Waals surface area (Å²) in [7, 11) is 0. The zero-order valence-corrected chi connectivity index (χ0v) is 12.5. The van der Waals surface area contributed by atoms with Crippen LogP contribution in [0.15, 0.2) is 0 Å². The van der Waals surface area contributed by atoms with Crippen LogP contribution in [0.3, 0.4) is 0 Å². The first kappa shape index (κ1) is 16.7. The summed E-state index contributed by atoms with van der Waals surface area (Å²) in [5.74, 6) is -3.65. The molecule has 0 spiro atoms. The second-order valence-electron chi connectivity index (χ2n) is 0.610. The van der Waals surface area contributed by atoms with Crippen LogP contribution in [0.25, 0.3) is 0 Å². The fourth-order valence-corrected chi connectivity index (χ4v) is 0. The number of aliphatic carboxylic acids is 2. The first-order valence-corrected chi connectivity index (χ1v) is 1.11. The predicted octanol–water partition coefficient (Wildman–Crippen LogP) is -3.73. The Bertz CT molecular complexity index is 84.6. The van der Waals surface area contributed by atoms with Gasteiger partial charge >= 0.3 is 80.8 Å². The van der Waals surface area contributed by atoms with Crippen molar-refractivity contribution in [1.29, 1.82) is 0 Å². The van der Waals surface area contributed by atoms with Crippen LogP contribution >= 0.6 is 0 Å². The van der Waals surface area contributed by atoms with E-state index >= 15 is 0 Å². The van der Waals surface area contributed by atoms with Gasteiger partial charge in [0.1, 0.15) is 0 Å². The van der Waals surface area contributed by atoms with Crippen LogP contribution in [0.1, 0.15) is 1.43 Å². The van der Waals surface area contributed by atoms with Gasteiger partial charge in [0.15, 0.2) is 0 Å². The molecule has 0 atom stereocenters. The summed E-state index contributed by atoms with van der Waals surface area (Å²) in [6, 6.07) is 0. The molecule has 1 radical (unpaired) electrons. The molecule has 0 unspecified atom stereocenters. The Balaban J connectivity index is -0.0000000417. The van der Waals surface area contributed by atoms with E-state index in [4.69, 9.17) is 19.8 Å². The minimum absolute atomic E-state index is 0. The molecule has 8 heavy (non-hydrogen) atoms. The molecule has 0 aromatic heterocycles. The van der Waals surface area contributed by atoms with Gasteiger partial charge in [-0.25, -0.2) is 9.59 Å². The van der Waals surface area contributed by atoms with Crippen LogP contribution in [0.5, 0.6) is 0 Å². The second-order valence-corrected chi connectivity index (χ2v) is 0.610. The zero-order valence-electron chi connectivity index (χ0n) is 5.04. The molecule has 2 N–H and O–H groups in total. The molecule has 0 amide bonds. The summed E-state index contributed by atoms with van der Waals surface area (Å²) in [5, 5.41) is 14.8. The fourth-order valence-electron chi connectivity index (χ4n) is 0. The first-order chi connectivity index (χ1) is 2.64. The van der Waals surface area contributed by atoms with Gasteiger partial charge in [-0.2, -0.15) is 0 Å². The normalized spacial score (nSPS) is 5.50. The smallest absolute Gasteiger partial charge is 1.00 e. The largest absolute Gasteiger partial charge is 1.00 e.